The lowest BCUT2D eigenvalue weighted by Gasteiger charge is -2.22. The maximum Gasteiger partial charge on any atom is 0.209 e. The van der Waals surface area contributed by atoms with E-state index in [4.69, 9.17) is 23.2 Å². The van der Waals surface area contributed by atoms with Crippen molar-refractivity contribution < 1.29 is 4.79 Å². The van der Waals surface area contributed by atoms with Gasteiger partial charge < -0.3 is 4.90 Å². The normalized spacial score (nSPS) is 14.5. The monoisotopic (exact) mass is 385 g/mol. The summed E-state index contributed by atoms with van der Waals surface area (Å²) in [6, 6.07) is 11.9. The summed E-state index contributed by atoms with van der Waals surface area (Å²) in [4.78, 5) is 12.6. The lowest BCUT2D eigenvalue weighted by atomic mass is 9.99. The number of carbonyl (C=O) groups excluding carboxylic acids is 1. The van der Waals surface area contributed by atoms with E-state index < -0.39 is 0 Å². The summed E-state index contributed by atoms with van der Waals surface area (Å²) in [6.07, 6.45) is 5.75. The molecule has 4 rings (SSSR count). The summed E-state index contributed by atoms with van der Waals surface area (Å²) in [6.45, 7) is 2.00. The fraction of sp³-hybridized carbons (Fsp3) is 0.200. The number of rotatable bonds is 4. The Balaban J connectivity index is 1.67. The Labute approximate surface area is 161 Å². The molecule has 0 fully saturated rings. The van der Waals surface area contributed by atoms with E-state index in [1.807, 2.05) is 23.0 Å². The minimum Gasteiger partial charge on any atom is -0.341 e. The standard InChI is InChI=1S/C20H17Cl2N3O/c21-18-4-3-17(19(22)10-18)12-25-20-9-15(1-2-16(20)11-23-25)14-5-7-24(13-26)8-6-14/h1-5,9-11,13H,6-8,12H2. The van der Waals surface area contributed by atoms with Gasteiger partial charge in [0.1, 0.15) is 0 Å². The molecular formula is C20H17Cl2N3O. The van der Waals surface area contributed by atoms with E-state index in [0.29, 0.717) is 23.1 Å². The van der Waals surface area contributed by atoms with Crippen LogP contribution in [0.15, 0.2) is 48.7 Å². The van der Waals surface area contributed by atoms with Crippen LogP contribution in [0.3, 0.4) is 0 Å². The number of halogens is 2. The third-order valence-corrected chi connectivity index (χ3v) is 5.33. The van der Waals surface area contributed by atoms with Gasteiger partial charge in [-0.2, -0.15) is 5.10 Å². The van der Waals surface area contributed by atoms with Crippen molar-refractivity contribution in [1.82, 2.24) is 14.7 Å². The summed E-state index contributed by atoms with van der Waals surface area (Å²) in [7, 11) is 0. The van der Waals surface area contributed by atoms with Crippen LogP contribution in [0.5, 0.6) is 0 Å². The molecule has 0 atom stereocenters. The molecule has 0 N–H and O–H groups in total. The molecule has 0 saturated heterocycles. The van der Waals surface area contributed by atoms with E-state index >= 15 is 0 Å². The van der Waals surface area contributed by atoms with Crippen molar-refractivity contribution in [3.8, 4) is 0 Å². The fourth-order valence-electron chi connectivity index (χ4n) is 3.25. The van der Waals surface area contributed by atoms with Crippen molar-refractivity contribution in [2.45, 2.75) is 13.0 Å². The number of fused-ring (bicyclic) bond motifs is 1. The van der Waals surface area contributed by atoms with Crippen LogP contribution in [0.25, 0.3) is 16.5 Å². The number of aromatic nitrogens is 2. The largest absolute Gasteiger partial charge is 0.341 e. The molecule has 0 bridgehead atoms. The summed E-state index contributed by atoms with van der Waals surface area (Å²) in [5.41, 5.74) is 4.48. The molecule has 2 aromatic carbocycles. The number of hydrogen-bond donors (Lipinski definition) is 0. The Morgan fingerprint density at radius 1 is 1.15 bits per heavy atom. The molecular weight excluding hydrogens is 369 g/mol. The molecule has 1 aliphatic heterocycles. The van der Waals surface area contributed by atoms with Crippen molar-refractivity contribution >= 4 is 46.1 Å². The highest BCUT2D eigenvalue weighted by atomic mass is 35.5. The topological polar surface area (TPSA) is 38.1 Å². The summed E-state index contributed by atoms with van der Waals surface area (Å²) < 4.78 is 1.95. The number of amides is 1. The van der Waals surface area contributed by atoms with Crippen LogP contribution < -0.4 is 0 Å². The van der Waals surface area contributed by atoms with E-state index in [2.05, 4.69) is 29.4 Å². The average molecular weight is 386 g/mol. The van der Waals surface area contributed by atoms with Gasteiger partial charge in [0.25, 0.3) is 0 Å². The zero-order valence-electron chi connectivity index (χ0n) is 14.0. The van der Waals surface area contributed by atoms with Gasteiger partial charge in [0.05, 0.1) is 18.3 Å². The first-order valence-electron chi connectivity index (χ1n) is 8.42. The highest BCUT2D eigenvalue weighted by Gasteiger charge is 2.13. The Morgan fingerprint density at radius 3 is 2.77 bits per heavy atom. The predicted molar refractivity (Wildman–Crippen MR) is 106 cm³/mol. The smallest absolute Gasteiger partial charge is 0.209 e. The quantitative estimate of drug-likeness (QED) is 0.613. The third kappa shape index (κ3) is 3.35. The number of nitrogens with zero attached hydrogens (tertiary/aromatic N) is 3. The average Bonchev–Trinajstić information content (AvgIpc) is 3.06. The second-order valence-corrected chi connectivity index (χ2v) is 7.23. The maximum atomic E-state index is 10.9. The maximum absolute atomic E-state index is 10.9. The van der Waals surface area contributed by atoms with Crippen LogP contribution in [0.1, 0.15) is 17.5 Å². The summed E-state index contributed by atoms with van der Waals surface area (Å²) in [5.74, 6) is 0. The van der Waals surface area contributed by atoms with E-state index in [1.165, 1.54) is 11.1 Å². The molecule has 1 amide bonds. The van der Waals surface area contributed by atoms with Gasteiger partial charge in [-0.15, -0.1) is 0 Å². The number of carbonyl (C=O) groups is 1. The molecule has 0 spiro atoms. The van der Waals surface area contributed by atoms with Crippen LogP contribution in [0.4, 0.5) is 0 Å². The molecule has 0 radical (unpaired) electrons. The second kappa shape index (κ2) is 7.14. The van der Waals surface area contributed by atoms with Gasteiger partial charge in [0.2, 0.25) is 6.41 Å². The number of hydrogen-bond acceptors (Lipinski definition) is 2. The molecule has 6 heteroatoms. The molecule has 2 heterocycles. The van der Waals surface area contributed by atoms with Crippen molar-refractivity contribution in [3.63, 3.8) is 0 Å². The first kappa shape index (κ1) is 17.1. The molecule has 26 heavy (non-hydrogen) atoms. The van der Waals surface area contributed by atoms with Crippen LogP contribution in [0, 0.1) is 0 Å². The lowest BCUT2D eigenvalue weighted by molar-refractivity contribution is -0.117. The summed E-state index contributed by atoms with van der Waals surface area (Å²) in [5, 5.41) is 6.87. The van der Waals surface area contributed by atoms with Crippen LogP contribution in [-0.4, -0.2) is 34.2 Å². The molecule has 1 aromatic heterocycles. The van der Waals surface area contributed by atoms with Crippen LogP contribution in [0.2, 0.25) is 10.0 Å². The van der Waals surface area contributed by atoms with Gasteiger partial charge in [-0.1, -0.05) is 47.5 Å². The molecule has 3 aromatic rings. The fourth-order valence-corrected chi connectivity index (χ4v) is 3.72. The Bertz CT molecular complexity index is 1010. The van der Waals surface area contributed by atoms with Gasteiger partial charge in [0.15, 0.2) is 0 Å². The highest BCUT2D eigenvalue weighted by Crippen LogP contribution is 2.27. The lowest BCUT2D eigenvalue weighted by Crippen LogP contribution is -2.26. The molecule has 4 nitrogen and oxygen atoms in total. The second-order valence-electron chi connectivity index (χ2n) is 6.39. The van der Waals surface area contributed by atoms with Crippen molar-refractivity contribution in [1.29, 1.82) is 0 Å². The Kier molecular flexibility index (Phi) is 4.70. The van der Waals surface area contributed by atoms with Gasteiger partial charge in [-0.3, -0.25) is 9.48 Å². The van der Waals surface area contributed by atoms with E-state index in [-0.39, 0.29) is 0 Å². The van der Waals surface area contributed by atoms with Crippen LogP contribution in [-0.2, 0) is 11.3 Å². The minimum atomic E-state index is 0.584. The van der Waals surface area contributed by atoms with E-state index in [1.54, 1.807) is 11.0 Å². The zero-order valence-corrected chi connectivity index (χ0v) is 15.5. The molecule has 0 unspecified atom stereocenters. The third-order valence-electron chi connectivity index (χ3n) is 4.74. The first-order chi connectivity index (χ1) is 12.6. The molecule has 0 aliphatic carbocycles. The zero-order chi connectivity index (χ0) is 18.1. The van der Waals surface area contributed by atoms with E-state index in [0.717, 1.165) is 35.8 Å². The van der Waals surface area contributed by atoms with Gasteiger partial charge in [-0.05, 0) is 41.3 Å². The van der Waals surface area contributed by atoms with Gasteiger partial charge in [-0.25, -0.2) is 0 Å². The van der Waals surface area contributed by atoms with Crippen molar-refractivity contribution in [2.75, 3.05) is 13.1 Å². The SMILES string of the molecule is O=CN1CC=C(c2ccc3cnn(Cc4ccc(Cl)cc4Cl)c3c2)CC1. The van der Waals surface area contributed by atoms with E-state index in [9.17, 15) is 4.79 Å². The van der Waals surface area contributed by atoms with Crippen molar-refractivity contribution in [2.24, 2.45) is 0 Å². The van der Waals surface area contributed by atoms with Gasteiger partial charge >= 0.3 is 0 Å². The number of benzene rings is 2. The predicted octanol–water partition coefficient (Wildman–Crippen LogP) is 4.64. The van der Waals surface area contributed by atoms with Gasteiger partial charge in [0, 0.05) is 28.5 Å². The molecule has 1 aliphatic rings. The van der Waals surface area contributed by atoms with Crippen molar-refractivity contribution in [3.05, 3.63) is 69.8 Å². The minimum absolute atomic E-state index is 0.584. The Morgan fingerprint density at radius 2 is 2.04 bits per heavy atom. The summed E-state index contributed by atoms with van der Waals surface area (Å²) >= 11 is 12.3. The molecule has 132 valence electrons. The first-order valence-corrected chi connectivity index (χ1v) is 9.18. The Hall–Kier alpha value is -2.30. The highest BCUT2D eigenvalue weighted by molar-refractivity contribution is 6.35. The molecule has 0 saturated carbocycles. The van der Waals surface area contributed by atoms with Crippen LogP contribution >= 0.6 is 23.2 Å².